The molecule has 3 rings (SSSR count). The van der Waals surface area contributed by atoms with Gasteiger partial charge in [-0.3, -0.25) is 14.5 Å². The summed E-state index contributed by atoms with van der Waals surface area (Å²) in [5.74, 6) is 0.00358. The van der Waals surface area contributed by atoms with Crippen LogP contribution in [0.4, 0.5) is 4.79 Å². The zero-order valence-electron chi connectivity index (χ0n) is 16.4. The number of carbonyl (C=O) groups excluding carboxylic acids is 3. The second-order valence-corrected chi connectivity index (χ2v) is 7.16. The van der Waals surface area contributed by atoms with Gasteiger partial charge in [-0.2, -0.15) is 0 Å². The van der Waals surface area contributed by atoms with Crippen molar-refractivity contribution in [2.45, 2.75) is 31.3 Å². The molecule has 2 aliphatic heterocycles. The lowest BCUT2D eigenvalue weighted by Gasteiger charge is -2.32. The van der Waals surface area contributed by atoms with E-state index in [-0.39, 0.29) is 30.9 Å². The number of hydrogen-bond acceptors (Lipinski definition) is 5. The number of imide groups is 1. The summed E-state index contributed by atoms with van der Waals surface area (Å²) in [5.41, 5.74) is -0.556. The van der Waals surface area contributed by atoms with Crippen LogP contribution < -0.4 is 15.4 Å². The number of hydrogen-bond donors (Lipinski definition) is 2. The summed E-state index contributed by atoms with van der Waals surface area (Å²) in [6.07, 6.45) is 1.73. The zero-order valence-corrected chi connectivity index (χ0v) is 17.2. The average Bonchev–Trinajstić information content (AvgIpc) is 2.92. The van der Waals surface area contributed by atoms with Gasteiger partial charge in [0.1, 0.15) is 17.8 Å². The fraction of sp³-hybridized carbons (Fsp3) is 0.526. The number of benzene rings is 1. The first-order chi connectivity index (χ1) is 12.9. The third-order valence-corrected chi connectivity index (χ3v) is 5.49. The normalized spacial score (nSPS) is 22.5. The molecule has 9 heteroatoms. The molecule has 4 amide bonds. The summed E-state index contributed by atoms with van der Waals surface area (Å²) < 4.78 is 5.13. The minimum Gasteiger partial charge on any atom is -0.497 e. The minimum atomic E-state index is -1.20. The number of amides is 4. The van der Waals surface area contributed by atoms with Crippen LogP contribution in [-0.2, 0) is 15.1 Å². The molecule has 0 aliphatic carbocycles. The Hall–Kier alpha value is -2.32. The lowest BCUT2D eigenvalue weighted by molar-refractivity contribution is -0.139. The smallest absolute Gasteiger partial charge is 0.325 e. The Bertz CT molecular complexity index is 736. The quantitative estimate of drug-likeness (QED) is 0.709. The number of ether oxygens (including phenoxy) is 1. The van der Waals surface area contributed by atoms with E-state index < -0.39 is 17.5 Å². The standard InChI is InChI=1S/C19H26N4O4.ClH/c1-19(13-4-6-15(27-3)7-5-13)17(25)23(18(26)21-19)12-16(24)22(2)14-8-10-20-11-9-14;/h4-7,14,20H,8-12H2,1-3H3,(H,21,26);1H. The van der Waals surface area contributed by atoms with Crippen molar-refractivity contribution in [3.63, 3.8) is 0 Å². The van der Waals surface area contributed by atoms with Crippen LogP contribution in [0.5, 0.6) is 5.75 Å². The first kappa shape index (κ1) is 22.0. The topological polar surface area (TPSA) is 91.0 Å². The Labute approximate surface area is 171 Å². The molecule has 1 aromatic rings. The summed E-state index contributed by atoms with van der Waals surface area (Å²) in [6, 6.07) is 6.53. The highest BCUT2D eigenvalue weighted by atomic mass is 35.5. The molecule has 1 aromatic carbocycles. The van der Waals surface area contributed by atoms with E-state index in [0.29, 0.717) is 11.3 Å². The van der Waals surface area contributed by atoms with Gasteiger partial charge in [-0.1, -0.05) is 12.1 Å². The Balaban J connectivity index is 0.00000280. The van der Waals surface area contributed by atoms with Crippen LogP contribution in [-0.4, -0.2) is 67.5 Å². The van der Waals surface area contributed by atoms with Crippen LogP contribution in [0.2, 0.25) is 0 Å². The van der Waals surface area contributed by atoms with E-state index in [1.807, 2.05) is 0 Å². The van der Waals surface area contributed by atoms with Crippen LogP contribution in [0.25, 0.3) is 0 Å². The maximum absolute atomic E-state index is 13.0. The van der Waals surface area contributed by atoms with Crippen molar-refractivity contribution in [1.29, 1.82) is 0 Å². The zero-order chi connectivity index (χ0) is 19.6. The Morgan fingerprint density at radius 3 is 2.43 bits per heavy atom. The number of halogens is 1. The van der Waals surface area contributed by atoms with Gasteiger partial charge in [0.2, 0.25) is 5.91 Å². The Kier molecular flexibility index (Phi) is 6.90. The van der Waals surface area contributed by atoms with Crippen molar-refractivity contribution in [1.82, 2.24) is 20.4 Å². The van der Waals surface area contributed by atoms with Crippen molar-refractivity contribution in [2.75, 3.05) is 33.8 Å². The largest absolute Gasteiger partial charge is 0.497 e. The molecule has 28 heavy (non-hydrogen) atoms. The molecule has 0 saturated carbocycles. The van der Waals surface area contributed by atoms with Crippen molar-refractivity contribution in [3.05, 3.63) is 29.8 Å². The summed E-state index contributed by atoms with van der Waals surface area (Å²) in [5, 5.41) is 5.98. The SMILES string of the molecule is COc1ccc(C2(C)NC(=O)N(CC(=O)N(C)C3CCNCC3)C2=O)cc1.Cl. The molecule has 1 atom stereocenters. The van der Waals surface area contributed by atoms with Gasteiger partial charge in [0.05, 0.1) is 7.11 Å². The number of rotatable bonds is 5. The Morgan fingerprint density at radius 2 is 1.86 bits per heavy atom. The number of carbonyl (C=O) groups is 3. The second kappa shape index (κ2) is 8.79. The van der Waals surface area contributed by atoms with Gasteiger partial charge in [0.15, 0.2) is 0 Å². The monoisotopic (exact) mass is 410 g/mol. The molecule has 154 valence electrons. The maximum Gasteiger partial charge on any atom is 0.325 e. The van der Waals surface area contributed by atoms with Crippen molar-refractivity contribution in [2.24, 2.45) is 0 Å². The van der Waals surface area contributed by atoms with E-state index in [9.17, 15) is 14.4 Å². The number of piperidine rings is 1. The van der Waals surface area contributed by atoms with E-state index in [2.05, 4.69) is 10.6 Å². The van der Waals surface area contributed by atoms with Crippen molar-refractivity contribution in [3.8, 4) is 5.75 Å². The van der Waals surface area contributed by atoms with E-state index >= 15 is 0 Å². The molecule has 2 heterocycles. The molecule has 0 radical (unpaired) electrons. The maximum atomic E-state index is 13.0. The van der Waals surface area contributed by atoms with Gasteiger partial charge in [-0.05, 0) is 50.6 Å². The lowest BCUT2D eigenvalue weighted by atomic mass is 9.92. The fourth-order valence-electron chi connectivity index (χ4n) is 3.60. The molecule has 8 nitrogen and oxygen atoms in total. The number of nitrogens with zero attached hydrogens (tertiary/aromatic N) is 2. The summed E-state index contributed by atoms with van der Waals surface area (Å²) in [7, 11) is 3.30. The molecular weight excluding hydrogens is 384 g/mol. The second-order valence-electron chi connectivity index (χ2n) is 7.16. The molecule has 0 bridgehead atoms. The first-order valence-electron chi connectivity index (χ1n) is 9.12. The van der Waals surface area contributed by atoms with Crippen LogP contribution >= 0.6 is 12.4 Å². The molecule has 2 N–H and O–H groups in total. The Morgan fingerprint density at radius 1 is 1.25 bits per heavy atom. The lowest BCUT2D eigenvalue weighted by Crippen LogP contribution is -2.48. The predicted molar refractivity (Wildman–Crippen MR) is 107 cm³/mol. The first-order valence-corrected chi connectivity index (χ1v) is 9.12. The highest BCUT2D eigenvalue weighted by molar-refractivity contribution is 6.09. The molecule has 0 spiro atoms. The number of likely N-dealkylation sites (N-methyl/N-ethyl adjacent to an activating group) is 1. The highest BCUT2D eigenvalue weighted by Gasteiger charge is 2.49. The minimum absolute atomic E-state index is 0. The molecule has 1 unspecified atom stereocenters. The van der Waals surface area contributed by atoms with Crippen LogP contribution in [0.1, 0.15) is 25.3 Å². The third-order valence-electron chi connectivity index (χ3n) is 5.49. The summed E-state index contributed by atoms with van der Waals surface area (Å²) in [6.45, 7) is 3.12. The number of nitrogens with one attached hydrogen (secondary N) is 2. The summed E-state index contributed by atoms with van der Waals surface area (Å²) >= 11 is 0. The number of urea groups is 1. The number of methoxy groups -OCH3 is 1. The van der Waals surface area contributed by atoms with Crippen LogP contribution in [0.3, 0.4) is 0 Å². The highest BCUT2D eigenvalue weighted by Crippen LogP contribution is 2.30. The van der Waals surface area contributed by atoms with Gasteiger partial charge >= 0.3 is 6.03 Å². The molecule has 0 aromatic heterocycles. The average molecular weight is 411 g/mol. The predicted octanol–water partition coefficient (Wildman–Crippen LogP) is 1.09. The van der Waals surface area contributed by atoms with Crippen LogP contribution in [0.15, 0.2) is 24.3 Å². The van der Waals surface area contributed by atoms with Crippen molar-refractivity contribution >= 4 is 30.3 Å². The van der Waals surface area contributed by atoms with Crippen molar-refractivity contribution < 1.29 is 19.1 Å². The van der Waals surface area contributed by atoms with Crippen LogP contribution in [0, 0.1) is 0 Å². The summed E-state index contributed by atoms with van der Waals surface area (Å²) in [4.78, 5) is 40.7. The van der Waals surface area contributed by atoms with Gasteiger partial charge < -0.3 is 20.3 Å². The molecule has 2 fully saturated rings. The molecule has 2 aliphatic rings. The van der Waals surface area contributed by atoms with Gasteiger partial charge in [-0.15, -0.1) is 12.4 Å². The third kappa shape index (κ3) is 4.07. The molecular formula is C19H27ClN4O4. The fourth-order valence-corrected chi connectivity index (χ4v) is 3.60. The van der Waals surface area contributed by atoms with Gasteiger partial charge in [-0.25, -0.2) is 4.79 Å². The molecule has 2 saturated heterocycles. The van der Waals surface area contributed by atoms with Gasteiger partial charge in [0.25, 0.3) is 5.91 Å². The van der Waals surface area contributed by atoms with E-state index in [1.54, 1.807) is 50.2 Å². The van der Waals surface area contributed by atoms with Gasteiger partial charge in [0, 0.05) is 13.1 Å². The van der Waals surface area contributed by atoms with E-state index in [4.69, 9.17) is 4.74 Å². The van der Waals surface area contributed by atoms with E-state index in [1.165, 1.54) is 0 Å². The van der Waals surface area contributed by atoms with E-state index in [0.717, 1.165) is 30.8 Å².